The second-order valence-electron chi connectivity index (χ2n) is 6.53. The first-order valence-electron chi connectivity index (χ1n) is 8.93. The Morgan fingerprint density at radius 1 is 1.13 bits per heavy atom. The van der Waals surface area contributed by atoms with E-state index in [1.54, 1.807) is 25.3 Å². The molecule has 0 aliphatic carbocycles. The van der Waals surface area contributed by atoms with Crippen molar-refractivity contribution in [2.75, 3.05) is 17.1 Å². The van der Waals surface area contributed by atoms with Crippen LogP contribution in [0.5, 0.6) is 0 Å². The van der Waals surface area contributed by atoms with Gasteiger partial charge in [-0.05, 0) is 35.9 Å². The lowest BCUT2D eigenvalue weighted by Gasteiger charge is -2.12. The van der Waals surface area contributed by atoms with E-state index in [-0.39, 0.29) is 11.6 Å². The average molecular weight is 449 g/mol. The van der Waals surface area contributed by atoms with Gasteiger partial charge in [0.15, 0.2) is 0 Å². The van der Waals surface area contributed by atoms with Crippen LogP contribution in [0.2, 0.25) is 0 Å². The van der Waals surface area contributed by atoms with Gasteiger partial charge in [0, 0.05) is 30.8 Å². The Morgan fingerprint density at radius 3 is 2.52 bits per heavy atom. The summed E-state index contributed by atoms with van der Waals surface area (Å²) in [5.41, 5.74) is 1.63. The number of rotatable bonds is 6. The second kappa shape index (κ2) is 8.64. The molecule has 2 aromatic heterocycles. The molecule has 0 aliphatic heterocycles. The lowest BCUT2D eigenvalue weighted by molar-refractivity contribution is -0.888. The van der Waals surface area contributed by atoms with E-state index in [1.807, 2.05) is 0 Å². The summed E-state index contributed by atoms with van der Waals surface area (Å²) in [7, 11) is -2.97. The number of hydrogen-bond donors (Lipinski definition) is 2. The van der Waals surface area contributed by atoms with Crippen LogP contribution in [0, 0.1) is 18.6 Å². The molecule has 0 atom stereocenters. The Labute approximate surface area is 177 Å². The molecule has 1 aromatic carbocycles. The second-order valence-corrected chi connectivity index (χ2v) is 8.18. The monoisotopic (exact) mass is 449 g/mol. The van der Waals surface area contributed by atoms with Gasteiger partial charge in [-0.2, -0.15) is 0 Å². The minimum Gasteiger partial charge on any atom is -0.311 e. The molecule has 8 nitrogen and oxygen atoms in total. The number of amides is 1. The summed E-state index contributed by atoms with van der Waals surface area (Å²) in [6.45, 7) is 2.95. The summed E-state index contributed by atoms with van der Waals surface area (Å²) in [5, 5.41) is 2.57. The first kappa shape index (κ1) is 22.1. The highest BCUT2D eigenvalue weighted by atomic mass is 32.2. The standard InChI is InChI=1S/C20H18F2N4O4S/c1-12-18(25-31(28,29)19-5-4-16(21)10-17(19)22)8-15(11-26(12)30-3)14-6-7-23-20(9-14)24-13(2)27/h4-11,25H,1-3H3/p+1. The lowest BCUT2D eigenvalue weighted by atomic mass is 10.1. The topological polar surface area (TPSA) is 101 Å². The maximum absolute atomic E-state index is 14.1. The van der Waals surface area contributed by atoms with Crippen molar-refractivity contribution >= 4 is 27.4 Å². The van der Waals surface area contributed by atoms with Crippen molar-refractivity contribution in [1.29, 1.82) is 0 Å². The largest absolute Gasteiger partial charge is 0.311 e. The van der Waals surface area contributed by atoms with Crippen molar-refractivity contribution in [2.45, 2.75) is 18.7 Å². The van der Waals surface area contributed by atoms with Crippen molar-refractivity contribution in [2.24, 2.45) is 0 Å². The molecule has 31 heavy (non-hydrogen) atoms. The van der Waals surface area contributed by atoms with E-state index in [0.29, 0.717) is 28.7 Å². The molecule has 0 fully saturated rings. The Morgan fingerprint density at radius 2 is 1.87 bits per heavy atom. The summed E-state index contributed by atoms with van der Waals surface area (Å²) in [6, 6.07) is 6.98. The van der Waals surface area contributed by atoms with Crippen molar-refractivity contribution in [3.8, 4) is 11.1 Å². The number of carbonyl (C=O) groups is 1. The highest BCUT2D eigenvalue weighted by Gasteiger charge is 2.25. The van der Waals surface area contributed by atoms with Crippen LogP contribution in [0.4, 0.5) is 20.3 Å². The quantitative estimate of drug-likeness (QED) is 0.563. The Hall–Kier alpha value is -3.60. The Bertz CT molecular complexity index is 1270. The summed E-state index contributed by atoms with van der Waals surface area (Å²) in [4.78, 5) is 19.9. The van der Waals surface area contributed by atoms with Crippen LogP contribution in [0.15, 0.2) is 53.7 Å². The molecule has 11 heteroatoms. The number of anilines is 2. The summed E-state index contributed by atoms with van der Waals surface area (Å²) in [6.07, 6.45) is 3.09. The highest BCUT2D eigenvalue weighted by Crippen LogP contribution is 2.26. The molecule has 2 N–H and O–H groups in total. The Balaban J connectivity index is 2.06. The predicted molar refractivity (Wildman–Crippen MR) is 109 cm³/mol. The molecule has 162 valence electrons. The fourth-order valence-electron chi connectivity index (χ4n) is 2.84. The van der Waals surface area contributed by atoms with Gasteiger partial charge in [-0.15, -0.1) is 0 Å². The van der Waals surface area contributed by atoms with Crippen molar-refractivity contribution in [3.05, 3.63) is 66.1 Å². The first-order valence-corrected chi connectivity index (χ1v) is 10.4. The van der Waals surface area contributed by atoms with Gasteiger partial charge in [0.25, 0.3) is 15.7 Å². The van der Waals surface area contributed by atoms with E-state index in [1.165, 1.54) is 31.0 Å². The highest BCUT2D eigenvalue weighted by molar-refractivity contribution is 7.92. The van der Waals surface area contributed by atoms with E-state index in [9.17, 15) is 22.0 Å². The summed E-state index contributed by atoms with van der Waals surface area (Å²) < 4.78 is 56.3. The molecule has 0 saturated heterocycles. The number of aromatic nitrogens is 2. The zero-order valence-electron chi connectivity index (χ0n) is 16.8. The molecule has 0 bridgehead atoms. The molecule has 3 aromatic rings. The van der Waals surface area contributed by atoms with Crippen LogP contribution in [0.1, 0.15) is 12.6 Å². The van der Waals surface area contributed by atoms with Gasteiger partial charge in [-0.3, -0.25) is 14.4 Å². The van der Waals surface area contributed by atoms with Gasteiger partial charge in [-0.25, -0.2) is 22.2 Å². The minimum absolute atomic E-state index is 0.112. The third-order valence-corrected chi connectivity index (χ3v) is 5.70. The number of nitrogens with one attached hydrogen (secondary N) is 2. The fraction of sp³-hybridized carbons (Fsp3) is 0.150. The average Bonchev–Trinajstić information content (AvgIpc) is 2.68. The van der Waals surface area contributed by atoms with Crippen LogP contribution in [-0.4, -0.2) is 26.4 Å². The van der Waals surface area contributed by atoms with Crippen LogP contribution in [-0.2, 0) is 14.8 Å². The van der Waals surface area contributed by atoms with Crippen LogP contribution < -0.4 is 19.6 Å². The third kappa shape index (κ3) is 4.94. The number of carbonyl (C=O) groups excluding carboxylic acids is 1. The van der Waals surface area contributed by atoms with Crippen molar-refractivity contribution < 1.29 is 31.6 Å². The number of nitrogens with zero attached hydrogens (tertiary/aromatic N) is 2. The molecule has 1 amide bonds. The number of sulfonamides is 1. The first-order chi connectivity index (χ1) is 14.6. The Kier molecular flexibility index (Phi) is 6.16. The predicted octanol–water partition coefficient (Wildman–Crippen LogP) is 2.44. The van der Waals surface area contributed by atoms with Gasteiger partial charge in [-0.1, -0.05) is 0 Å². The zero-order chi connectivity index (χ0) is 22.8. The molecule has 0 saturated carbocycles. The smallest absolute Gasteiger partial charge is 0.265 e. The minimum atomic E-state index is -4.36. The molecule has 0 unspecified atom stereocenters. The zero-order valence-corrected chi connectivity index (χ0v) is 17.6. The van der Waals surface area contributed by atoms with Gasteiger partial charge in [0.1, 0.15) is 35.1 Å². The number of halogens is 2. The van der Waals surface area contributed by atoms with Gasteiger partial charge >= 0.3 is 0 Å². The number of pyridine rings is 2. The van der Waals surface area contributed by atoms with Crippen LogP contribution in [0.25, 0.3) is 11.1 Å². The molecular weight excluding hydrogens is 430 g/mol. The van der Waals surface area contributed by atoms with Gasteiger partial charge in [0.05, 0.1) is 5.56 Å². The van der Waals surface area contributed by atoms with Crippen molar-refractivity contribution in [3.63, 3.8) is 0 Å². The van der Waals surface area contributed by atoms with E-state index >= 15 is 0 Å². The normalized spacial score (nSPS) is 11.1. The fourth-order valence-corrected chi connectivity index (χ4v) is 4.01. The van der Waals surface area contributed by atoms with Gasteiger partial charge in [0.2, 0.25) is 12.1 Å². The van der Waals surface area contributed by atoms with Crippen molar-refractivity contribution in [1.82, 2.24) is 4.98 Å². The SMILES string of the molecule is CO[n+]1cc(-c2ccnc(NC(C)=O)c2)cc(NS(=O)(=O)c2ccc(F)cc2F)c1C. The number of benzene rings is 1. The number of hydrogen-bond acceptors (Lipinski definition) is 5. The summed E-state index contributed by atoms with van der Waals surface area (Å²) >= 11 is 0. The molecule has 0 radical (unpaired) electrons. The molecule has 3 rings (SSSR count). The van der Waals surface area contributed by atoms with E-state index in [2.05, 4.69) is 15.0 Å². The van der Waals surface area contributed by atoms with E-state index < -0.39 is 26.6 Å². The van der Waals surface area contributed by atoms with E-state index in [0.717, 1.165) is 12.1 Å². The van der Waals surface area contributed by atoms with Gasteiger partial charge < -0.3 is 5.32 Å². The third-order valence-electron chi connectivity index (χ3n) is 4.30. The lowest BCUT2D eigenvalue weighted by Crippen LogP contribution is -2.44. The maximum Gasteiger partial charge on any atom is 0.265 e. The van der Waals surface area contributed by atoms with Crippen LogP contribution in [0.3, 0.4) is 0 Å². The maximum atomic E-state index is 14.1. The molecule has 0 spiro atoms. The van der Waals surface area contributed by atoms with Crippen LogP contribution >= 0.6 is 0 Å². The molecular formula is C20H19F2N4O4S+. The van der Waals surface area contributed by atoms with E-state index in [4.69, 9.17) is 4.84 Å². The summed E-state index contributed by atoms with van der Waals surface area (Å²) in [5.74, 6) is -2.09. The molecule has 2 heterocycles. The molecule has 0 aliphatic rings.